The normalized spacial score (nSPS) is 16.3. The molecule has 2 N–H and O–H groups in total. The highest BCUT2D eigenvalue weighted by molar-refractivity contribution is 5.79. The Hall–Kier alpha value is -2.64. The van der Waals surface area contributed by atoms with E-state index in [0.717, 1.165) is 49.8 Å². The van der Waals surface area contributed by atoms with Crippen molar-refractivity contribution < 1.29 is 4.79 Å². The van der Waals surface area contributed by atoms with Crippen LogP contribution in [0.1, 0.15) is 38.4 Å². The molecule has 0 bridgehead atoms. The highest BCUT2D eigenvalue weighted by Crippen LogP contribution is 2.17. The Bertz CT molecular complexity index is 770. The summed E-state index contributed by atoms with van der Waals surface area (Å²) in [5.74, 6) is 1.84. The lowest BCUT2D eigenvalue weighted by atomic mass is 10.1. The largest absolute Gasteiger partial charge is 0.356 e. The summed E-state index contributed by atoms with van der Waals surface area (Å²) < 4.78 is 1.95. The van der Waals surface area contributed by atoms with Gasteiger partial charge in [0.1, 0.15) is 0 Å². The van der Waals surface area contributed by atoms with Gasteiger partial charge in [0, 0.05) is 38.8 Å². The van der Waals surface area contributed by atoms with Crippen LogP contribution in [0.2, 0.25) is 0 Å². The van der Waals surface area contributed by atoms with Gasteiger partial charge in [0.05, 0.1) is 6.54 Å². The molecule has 2 aromatic rings. The molecule has 1 saturated heterocycles. The smallest absolute Gasteiger partial charge is 0.222 e. The molecule has 0 radical (unpaired) electrons. The van der Waals surface area contributed by atoms with Gasteiger partial charge in [-0.2, -0.15) is 0 Å². The van der Waals surface area contributed by atoms with Crippen molar-refractivity contribution in [2.45, 2.75) is 45.2 Å². The van der Waals surface area contributed by atoms with E-state index in [1.165, 1.54) is 0 Å². The van der Waals surface area contributed by atoms with E-state index in [-0.39, 0.29) is 5.91 Å². The van der Waals surface area contributed by atoms with Crippen molar-refractivity contribution in [1.29, 1.82) is 0 Å². The molecule has 8 heteroatoms. The molecule has 2 aromatic heterocycles. The molecule has 1 aliphatic heterocycles. The minimum atomic E-state index is 0.290. The summed E-state index contributed by atoms with van der Waals surface area (Å²) in [6, 6.07) is 6.12. The van der Waals surface area contributed by atoms with Crippen LogP contribution >= 0.6 is 0 Å². The molecule has 0 spiro atoms. The van der Waals surface area contributed by atoms with Crippen LogP contribution in [0.3, 0.4) is 0 Å². The van der Waals surface area contributed by atoms with Crippen molar-refractivity contribution in [2.24, 2.45) is 4.99 Å². The van der Waals surface area contributed by atoms with Crippen LogP contribution in [-0.4, -0.2) is 57.5 Å². The van der Waals surface area contributed by atoms with Gasteiger partial charge in [-0.1, -0.05) is 13.0 Å². The number of rotatable bonds is 7. The van der Waals surface area contributed by atoms with Gasteiger partial charge >= 0.3 is 0 Å². The predicted molar refractivity (Wildman–Crippen MR) is 101 cm³/mol. The van der Waals surface area contributed by atoms with E-state index in [2.05, 4.69) is 32.7 Å². The Morgan fingerprint density at radius 2 is 2.23 bits per heavy atom. The first kappa shape index (κ1) is 18.2. The van der Waals surface area contributed by atoms with Gasteiger partial charge in [-0.3, -0.25) is 14.2 Å². The Morgan fingerprint density at radius 1 is 1.35 bits per heavy atom. The second-order valence-electron chi connectivity index (χ2n) is 6.44. The number of hydrogen-bond acceptors (Lipinski definition) is 4. The summed E-state index contributed by atoms with van der Waals surface area (Å²) in [4.78, 5) is 18.2. The molecule has 3 heterocycles. The standard InChI is InChI=1S/C18H27N7O/c1-3-14(24-12-6-8-17(24)26)9-10-20-18(19-2)21-13-16-23-22-15-7-4-5-11-25(15)16/h4-5,7,11,14H,3,6,8-10,12-13H2,1-2H3,(H2,19,20,21). The Balaban J connectivity index is 1.48. The zero-order valence-corrected chi connectivity index (χ0v) is 15.5. The van der Waals surface area contributed by atoms with Crippen LogP contribution in [0.15, 0.2) is 29.4 Å². The highest BCUT2D eigenvalue weighted by Gasteiger charge is 2.26. The van der Waals surface area contributed by atoms with Crippen LogP contribution in [0, 0.1) is 0 Å². The van der Waals surface area contributed by atoms with Crippen LogP contribution in [-0.2, 0) is 11.3 Å². The zero-order chi connectivity index (χ0) is 18.4. The Labute approximate surface area is 153 Å². The molecule has 1 amide bonds. The third-order valence-corrected chi connectivity index (χ3v) is 4.81. The van der Waals surface area contributed by atoms with Gasteiger partial charge < -0.3 is 15.5 Å². The Morgan fingerprint density at radius 3 is 2.96 bits per heavy atom. The number of carbonyl (C=O) groups excluding carboxylic acids is 1. The zero-order valence-electron chi connectivity index (χ0n) is 15.5. The lowest BCUT2D eigenvalue weighted by Crippen LogP contribution is -2.41. The minimum absolute atomic E-state index is 0.290. The number of likely N-dealkylation sites (tertiary alicyclic amines) is 1. The number of aliphatic imine (C=N–C) groups is 1. The number of guanidine groups is 1. The maximum Gasteiger partial charge on any atom is 0.222 e. The molecule has 1 unspecified atom stereocenters. The summed E-state index contributed by atoms with van der Waals surface area (Å²) >= 11 is 0. The van der Waals surface area contributed by atoms with Crippen LogP contribution < -0.4 is 10.6 Å². The van der Waals surface area contributed by atoms with E-state index in [1.54, 1.807) is 7.05 Å². The van der Waals surface area contributed by atoms with Gasteiger partial charge in [0.25, 0.3) is 0 Å². The van der Waals surface area contributed by atoms with E-state index in [4.69, 9.17) is 0 Å². The summed E-state index contributed by atoms with van der Waals surface area (Å²) in [6.45, 7) is 4.33. The number of pyridine rings is 1. The monoisotopic (exact) mass is 357 g/mol. The minimum Gasteiger partial charge on any atom is -0.356 e. The summed E-state index contributed by atoms with van der Waals surface area (Å²) in [7, 11) is 1.75. The van der Waals surface area contributed by atoms with E-state index in [9.17, 15) is 4.79 Å². The van der Waals surface area contributed by atoms with Crippen molar-refractivity contribution in [3.63, 3.8) is 0 Å². The van der Waals surface area contributed by atoms with Crippen molar-refractivity contribution >= 4 is 17.5 Å². The second kappa shape index (κ2) is 8.64. The predicted octanol–water partition coefficient (Wildman–Crippen LogP) is 1.19. The van der Waals surface area contributed by atoms with Gasteiger partial charge in [0.2, 0.25) is 5.91 Å². The fourth-order valence-electron chi connectivity index (χ4n) is 3.39. The maximum atomic E-state index is 11.9. The molecule has 1 aliphatic rings. The number of aromatic nitrogens is 3. The third-order valence-electron chi connectivity index (χ3n) is 4.81. The van der Waals surface area contributed by atoms with Crippen LogP contribution in [0.4, 0.5) is 0 Å². The van der Waals surface area contributed by atoms with Gasteiger partial charge in [-0.15, -0.1) is 10.2 Å². The lowest BCUT2D eigenvalue weighted by molar-refractivity contribution is -0.129. The fraction of sp³-hybridized carbons (Fsp3) is 0.556. The van der Waals surface area contributed by atoms with Crippen molar-refractivity contribution in [3.8, 4) is 0 Å². The molecule has 8 nitrogen and oxygen atoms in total. The summed E-state index contributed by atoms with van der Waals surface area (Å²) in [5.41, 5.74) is 0.827. The van der Waals surface area contributed by atoms with Gasteiger partial charge in [-0.05, 0) is 31.4 Å². The SMILES string of the molecule is CCC(CCNC(=NC)NCc1nnc2ccccn12)N1CCCC1=O. The molecular weight excluding hydrogens is 330 g/mol. The lowest BCUT2D eigenvalue weighted by Gasteiger charge is -2.27. The van der Waals surface area contributed by atoms with E-state index in [1.807, 2.05) is 33.7 Å². The number of nitrogens with one attached hydrogen (secondary N) is 2. The second-order valence-corrected chi connectivity index (χ2v) is 6.44. The summed E-state index contributed by atoms with van der Waals surface area (Å²) in [5, 5.41) is 14.9. The number of carbonyl (C=O) groups is 1. The summed E-state index contributed by atoms with van der Waals surface area (Å²) in [6.07, 6.45) is 5.52. The van der Waals surface area contributed by atoms with Crippen LogP contribution in [0.25, 0.3) is 5.65 Å². The molecule has 0 aliphatic carbocycles. The van der Waals surface area contributed by atoms with Gasteiger partial charge in [0.15, 0.2) is 17.4 Å². The maximum absolute atomic E-state index is 11.9. The Kier molecular flexibility index (Phi) is 6.04. The molecular formula is C18H27N7O. The van der Waals surface area contributed by atoms with Crippen molar-refractivity contribution in [2.75, 3.05) is 20.1 Å². The first-order valence-corrected chi connectivity index (χ1v) is 9.25. The first-order valence-electron chi connectivity index (χ1n) is 9.25. The average molecular weight is 357 g/mol. The van der Waals surface area contributed by atoms with E-state index < -0.39 is 0 Å². The molecule has 140 valence electrons. The van der Waals surface area contributed by atoms with Crippen molar-refractivity contribution in [3.05, 3.63) is 30.2 Å². The number of hydrogen-bond donors (Lipinski definition) is 2. The first-order chi connectivity index (χ1) is 12.7. The van der Waals surface area contributed by atoms with Crippen LogP contribution in [0.5, 0.6) is 0 Å². The van der Waals surface area contributed by atoms with E-state index >= 15 is 0 Å². The fourth-order valence-corrected chi connectivity index (χ4v) is 3.39. The third kappa shape index (κ3) is 4.12. The molecule has 3 rings (SSSR count). The topological polar surface area (TPSA) is 86.9 Å². The molecule has 0 aromatic carbocycles. The highest BCUT2D eigenvalue weighted by atomic mass is 16.2. The van der Waals surface area contributed by atoms with Gasteiger partial charge in [-0.25, -0.2) is 0 Å². The quantitative estimate of drug-likeness (QED) is 0.574. The average Bonchev–Trinajstić information content (AvgIpc) is 3.28. The number of fused-ring (bicyclic) bond motifs is 1. The number of nitrogens with zero attached hydrogens (tertiary/aromatic N) is 5. The molecule has 26 heavy (non-hydrogen) atoms. The van der Waals surface area contributed by atoms with Crippen molar-refractivity contribution in [1.82, 2.24) is 30.1 Å². The molecule has 1 fully saturated rings. The molecule has 1 atom stereocenters. The molecule has 0 saturated carbocycles. The number of amides is 1. The van der Waals surface area contributed by atoms with E-state index in [0.29, 0.717) is 19.0 Å².